The number of hydrogen-bond donors (Lipinski definition) is 2. The Kier molecular flexibility index (Phi) is 6.93. The van der Waals surface area contributed by atoms with Gasteiger partial charge in [0.25, 0.3) is 0 Å². The molecular formula is C12H20ClNO2. The van der Waals surface area contributed by atoms with Gasteiger partial charge in [-0.15, -0.1) is 12.4 Å². The second-order valence-corrected chi connectivity index (χ2v) is 4.03. The van der Waals surface area contributed by atoms with Crippen molar-refractivity contribution in [1.82, 2.24) is 5.32 Å². The molecular weight excluding hydrogens is 226 g/mol. The van der Waals surface area contributed by atoms with Gasteiger partial charge in [0.15, 0.2) is 11.5 Å². The molecule has 4 heteroatoms. The molecule has 0 spiro atoms. The number of phenols is 1. The van der Waals surface area contributed by atoms with E-state index in [1.165, 1.54) is 0 Å². The van der Waals surface area contributed by atoms with Gasteiger partial charge in [0.05, 0.1) is 7.11 Å². The average molecular weight is 246 g/mol. The Balaban J connectivity index is 0.00000225. The van der Waals surface area contributed by atoms with Crippen LogP contribution in [0.4, 0.5) is 0 Å². The number of rotatable bonds is 5. The van der Waals surface area contributed by atoms with Crippen LogP contribution in [0.3, 0.4) is 0 Å². The largest absolute Gasteiger partial charge is 0.504 e. The fourth-order valence-electron chi connectivity index (χ4n) is 1.35. The molecule has 3 nitrogen and oxygen atoms in total. The van der Waals surface area contributed by atoms with Crippen molar-refractivity contribution in [3.63, 3.8) is 0 Å². The van der Waals surface area contributed by atoms with Crippen LogP contribution in [-0.4, -0.2) is 18.8 Å². The lowest BCUT2D eigenvalue weighted by atomic mass is 10.2. The number of nitrogens with one attached hydrogen (secondary N) is 1. The van der Waals surface area contributed by atoms with E-state index in [1.54, 1.807) is 19.2 Å². The first-order valence-electron chi connectivity index (χ1n) is 5.20. The third kappa shape index (κ3) is 4.73. The number of aromatic hydroxyl groups is 1. The fraction of sp³-hybridized carbons (Fsp3) is 0.500. The third-order valence-corrected chi connectivity index (χ3v) is 2.12. The first kappa shape index (κ1) is 15.1. The molecule has 0 saturated carbocycles. The van der Waals surface area contributed by atoms with Crippen LogP contribution in [0.15, 0.2) is 18.2 Å². The number of methoxy groups -OCH3 is 1. The molecule has 0 atom stereocenters. The van der Waals surface area contributed by atoms with E-state index in [0.29, 0.717) is 11.7 Å². The van der Waals surface area contributed by atoms with Crippen LogP contribution in [0.2, 0.25) is 0 Å². The molecule has 0 saturated heterocycles. The maximum atomic E-state index is 9.55. The summed E-state index contributed by atoms with van der Waals surface area (Å²) in [5.74, 6) is 1.35. The van der Waals surface area contributed by atoms with Gasteiger partial charge in [-0.1, -0.05) is 19.9 Å². The zero-order chi connectivity index (χ0) is 11.3. The highest BCUT2D eigenvalue weighted by atomic mass is 35.5. The number of halogens is 1. The monoisotopic (exact) mass is 245 g/mol. The summed E-state index contributed by atoms with van der Waals surface area (Å²) in [4.78, 5) is 0. The molecule has 0 bridgehead atoms. The lowest BCUT2D eigenvalue weighted by molar-refractivity contribution is 0.373. The predicted octanol–water partition coefficient (Wildman–Crippen LogP) is 2.57. The minimum absolute atomic E-state index is 0. The Bertz CT molecular complexity index is 316. The van der Waals surface area contributed by atoms with E-state index < -0.39 is 0 Å². The highest BCUT2D eigenvalue weighted by Gasteiger charge is 2.02. The van der Waals surface area contributed by atoms with E-state index >= 15 is 0 Å². The summed E-state index contributed by atoms with van der Waals surface area (Å²) in [7, 11) is 1.55. The molecule has 0 radical (unpaired) electrons. The third-order valence-electron chi connectivity index (χ3n) is 2.12. The lowest BCUT2D eigenvalue weighted by Crippen LogP contribution is -2.18. The minimum Gasteiger partial charge on any atom is -0.504 e. The fourth-order valence-corrected chi connectivity index (χ4v) is 1.35. The van der Waals surface area contributed by atoms with Crippen molar-refractivity contribution in [3.05, 3.63) is 23.8 Å². The van der Waals surface area contributed by atoms with Crippen molar-refractivity contribution < 1.29 is 9.84 Å². The van der Waals surface area contributed by atoms with E-state index in [-0.39, 0.29) is 18.2 Å². The summed E-state index contributed by atoms with van der Waals surface area (Å²) in [5, 5.41) is 12.9. The van der Waals surface area contributed by atoms with Crippen LogP contribution in [-0.2, 0) is 6.54 Å². The molecule has 0 aliphatic carbocycles. The van der Waals surface area contributed by atoms with Crippen molar-refractivity contribution in [2.75, 3.05) is 13.7 Å². The molecule has 0 aliphatic rings. The van der Waals surface area contributed by atoms with Gasteiger partial charge >= 0.3 is 0 Å². The molecule has 0 fully saturated rings. The highest BCUT2D eigenvalue weighted by Crippen LogP contribution is 2.25. The molecule has 92 valence electrons. The van der Waals surface area contributed by atoms with Crippen molar-refractivity contribution in [3.8, 4) is 11.5 Å². The SMILES string of the molecule is COc1ccc(CNCC(C)C)cc1O.Cl. The molecule has 0 heterocycles. The lowest BCUT2D eigenvalue weighted by Gasteiger charge is -2.09. The van der Waals surface area contributed by atoms with Gasteiger partial charge in [-0.05, 0) is 30.2 Å². The van der Waals surface area contributed by atoms with Gasteiger partial charge in [-0.25, -0.2) is 0 Å². The summed E-state index contributed by atoms with van der Waals surface area (Å²) in [5.41, 5.74) is 1.06. The molecule has 0 aliphatic heterocycles. The Hall–Kier alpha value is -0.930. The number of phenolic OH excluding ortho intramolecular Hbond substituents is 1. The Labute approximate surface area is 103 Å². The molecule has 1 aromatic rings. The molecule has 0 unspecified atom stereocenters. The van der Waals surface area contributed by atoms with Crippen LogP contribution in [0.5, 0.6) is 11.5 Å². The maximum Gasteiger partial charge on any atom is 0.160 e. The predicted molar refractivity (Wildman–Crippen MR) is 68.5 cm³/mol. The van der Waals surface area contributed by atoms with Gasteiger partial charge < -0.3 is 15.2 Å². The van der Waals surface area contributed by atoms with Gasteiger partial charge in [0.2, 0.25) is 0 Å². The minimum atomic E-state index is 0. The first-order chi connectivity index (χ1) is 7.13. The van der Waals surface area contributed by atoms with Crippen molar-refractivity contribution in [2.45, 2.75) is 20.4 Å². The normalized spacial score (nSPS) is 10.0. The van der Waals surface area contributed by atoms with Crippen LogP contribution in [0, 0.1) is 5.92 Å². The molecule has 16 heavy (non-hydrogen) atoms. The Morgan fingerprint density at radius 2 is 2.06 bits per heavy atom. The quantitative estimate of drug-likeness (QED) is 0.838. The standard InChI is InChI=1S/C12H19NO2.ClH/c1-9(2)7-13-8-10-4-5-12(15-3)11(14)6-10;/h4-6,9,13-14H,7-8H2,1-3H3;1H. The van der Waals surface area contributed by atoms with Gasteiger partial charge in [-0.2, -0.15) is 0 Å². The summed E-state index contributed by atoms with van der Waals surface area (Å²) in [6.45, 7) is 6.08. The van der Waals surface area contributed by atoms with E-state index in [1.807, 2.05) is 6.07 Å². The summed E-state index contributed by atoms with van der Waals surface area (Å²) < 4.78 is 4.97. The van der Waals surface area contributed by atoms with E-state index in [2.05, 4.69) is 19.2 Å². The van der Waals surface area contributed by atoms with Crippen molar-refractivity contribution >= 4 is 12.4 Å². The average Bonchev–Trinajstić information content (AvgIpc) is 2.17. The molecule has 1 aromatic carbocycles. The summed E-state index contributed by atoms with van der Waals surface area (Å²) in [6, 6.07) is 5.46. The number of hydrogen-bond acceptors (Lipinski definition) is 3. The highest BCUT2D eigenvalue weighted by molar-refractivity contribution is 5.85. The molecule has 1 rings (SSSR count). The molecule has 2 N–H and O–H groups in total. The smallest absolute Gasteiger partial charge is 0.160 e. The zero-order valence-corrected chi connectivity index (χ0v) is 10.8. The van der Waals surface area contributed by atoms with Crippen LogP contribution in [0.1, 0.15) is 19.4 Å². The van der Waals surface area contributed by atoms with Crippen molar-refractivity contribution in [1.29, 1.82) is 0 Å². The van der Waals surface area contributed by atoms with Crippen LogP contribution < -0.4 is 10.1 Å². The van der Waals surface area contributed by atoms with E-state index in [9.17, 15) is 5.11 Å². The molecule has 0 aromatic heterocycles. The number of benzene rings is 1. The van der Waals surface area contributed by atoms with Gasteiger partial charge in [0.1, 0.15) is 0 Å². The van der Waals surface area contributed by atoms with E-state index in [0.717, 1.165) is 18.7 Å². The Morgan fingerprint density at radius 1 is 1.38 bits per heavy atom. The Morgan fingerprint density at radius 3 is 2.56 bits per heavy atom. The van der Waals surface area contributed by atoms with E-state index in [4.69, 9.17) is 4.74 Å². The second-order valence-electron chi connectivity index (χ2n) is 4.03. The summed E-state index contributed by atoms with van der Waals surface area (Å²) in [6.07, 6.45) is 0. The maximum absolute atomic E-state index is 9.55. The van der Waals surface area contributed by atoms with Crippen LogP contribution in [0.25, 0.3) is 0 Å². The van der Waals surface area contributed by atoms with Gasteiger partial charge in [0, 0.05) is 6.54 Å². The second kappa shape index (κ2) is 7.36. The molecule has 0 amide bonds. The topological polar surface area (TPSA) is 41.5 Å². The van der Waals surface area contributed by atoms with Crippen LogP contribution >= 0.6 is 12.4 Å². The summed E-state index contributed by atoms with van der Waals surface area (Å²) >= 11 is 0. The number of ether oxygens (including phenoxy) is 1. The van der Waals surface area contributed by atoms with Gasteiger partial charge in [-0.3, -0.25) is 0 Å². The van der Waals surface area contributed by atoms with Crippen molar-refractivity contribution in [2.24, 2.45) is 5.92 Å². The first-order valence-corrected chi connectivity index (χ1v) is 5.20. The zero-order valence-electron chi connectivity index (χ0n) is 9.99.